The number of hydrogen-bond donors (Lipinski definition) is 1. The number of anilines is 1. The van der Waals surface area contributed by atoms with Crippen LogP contribution in [0.1, 0.15) is 13.8 Å². The molecule has 0 saturated carbocycles. The van der Waals surface area contributed by atoms with Gasteiger partial charge in [0.25, 0.3) is 0 Å². The van der Waals surface area contributed by atoms with Gasteiger partial charge in [-0.15, -0.1) is 0 Å². The van der Waals surface area contributed by atoms with Crippen LogP contribution in [0, 0.1) is 10.1 Å². The van der Waals surface area contributed by atoms with Crippen molar-refractivity contribution in [3.05, 3.63) is 27.4 Å². The van der Waals surface area contributed by atoms with Gasteiger partial charge in [-0.3, -0.25) is 10.1 Å². The standard InChI is InChI=1S/C10H14ClN3O3/c1-10(2,15)6-13(3)9-8(14(16)17)4-7(11)5-12-9/h4-5,15H,6H2,1-3H3. The van der Waals surface area contributed by atoms with E-state index in [1.165, 1.54) is 17.2 Å². The second-order valence-electron chi connectivity index (χ2n) is 4.42. The normalized spacial score (nSPS) is 11.4. The SMILES string of the molecule is CN(CC(C)(C)O)c1ncc(Cl)cc1[N+](=O)[O-]. The minimum atomic E-state index is -0.968. The minimum absolute atomic E-state index is 0.177. The lowest BCUT2D eigenvalue weighted by Crippen LogP contribution is -2.36. The van der Waals surface area contributed by atoms with E-state index in [0.29, 0.717) is 0 Å². The smallest absolute Gasteiger partial charge is 0.313 e. The molecule has 0 aliphatic heterocycles. The van der Waals surface area contributed by atoms with Gasteiger partial charge >= 0.3 is 5.69 Å². The zero-order chi connectivity index (χ0) is 13.2. The van der Waals surface area contributed by atoms with E-state index in [1.807, 2.05) is 0 Å². The highest BCUT2D eigenvalue weighted by Gasteiger charge is 2.23. The molecule has 1 aromatic rings. The van der Waals surface area contributed by atoms with Crippen LogP contribution in [0.15, 0.2) is 12.3 Å². The second kappa shape index (κ2) is 4.85. The van der Waals surface area contributed by atoms with E-state index in [-0.39, 0.29) is 23.1 Å². The van der Waals surface area contributed by atoms with Gasteiger partial charge in [-0.1, -0.05) is 11.6 Å². The van der Waals surface area contributed by atoms with Crippen molar-refractivity contribution in [2.75, 3.05) is 18.5 Å². The predicted molar refractivity (Wildman–Crippen MR) is 65.5 cm³/mol. The quantitative estimate of drug-likeness (QED) is 0.659. The number of aliphatic hydroxyl groups is 1. The van der Waals surface area contributed by atoms with Crippen LogP contribution in [-0.4, -0.2) is 34.2 Å². The molecule has 6 nitrogen and oxygen atoms in total. The average molecular weight is 260 g/mol. The van der Waals surface area contributed by atoms with Gasteiger partial charge in [0.05, 0.1) is 15.5 Å². The molecular formula is C10H14ClN3O3. The van der Waals surface area contributed by atoms with Crippen LogP contribution >= 0.6 is 11.6 Å². The third kappa shape index (κ3) is 3.83. The maximum atomic E-state index is 10.9. The Morgan fingerprint density at radius 2 is 2.24 bits per heavy atom. The number of nitrogens with zero attached hydrogens (tertiary/aromatic N) is 3. The van der Waals surface area contributed by atoms with Gasteiger partial charge in [0, 0.05) is 25.9 Å². The molecule has 1 rings (SSSR count). The first-order valence-electron chi connectivity index (χ1n) is 4.94. The summed E-state index contributed by atoms with van der Waals surface area (Å²) in [5.74, 6) is 0.182. The van der Waals surface area contributed by atoms with Crippen molar-refractivity contribution in [2.24, 2.45) is 0 Å². The number of hydrogen-bond acceptors (Lipinski definition) is 5. The van der Waals surface area contributed by atoms with Gasteiger partial charge in [-0.05, 0) is 13.8 Å². The van der Waals surface area contributed by atoms with Gasteiger partial charge in [0.1, 0.15) is 0 Å². The van der Waals surface area contributed by atoms with E-state index < -0.39 is 10.5 Å². The van der Waals surface area contributed by atoms with Crippen LogP contribution in [0.5, 0.6) is 0 Å². The Balaban J connectivity index is 3.09. The molecule has 1 N–H and O–H groups in total. The van der Waals surface area contributed by atoms with E-state index in [1.54, 1.807) is 20.9 Å². The van der Waals surface area contributed by atoms with Crippen LogP contribution in [0.4, 0.5) is 11.5 Å². The number of rotatable bonds is 4. The number of likely N-dealkylation sites (N-methyl/N-ethyl adjacent to an activating group) is 1. The molecule has 0 amide bonds. The molecule has 0 fully saturated rings. The number of halogens is 1. The van der Waals surface area contributed by atoms with Gasteiger partial charge in [0.2, 0.25) is 5.82 Å². The van der Waals surface area contributed by atoms with Crippen molar-refractivity contribution in [1.29, 1.82) is 0 Å². The van der Waals surface area contributed by atoms with Crippen molar-refractivity contribution in [3.63, 3.8) is 0 Å². The lowest BCUT2D eigenvalue weighted by molar-refractivity contribution is -0.384. The maximum absolute atomic E-state index is 10.9. The third-order valence-electron chi connectivity index (χ3n) is 2.00. The first-order chi connectivity index (χ1) is 7.70. The van der Waals surface area contributed by atoms with Crippen molar-refractivity contribution in [1.82, 2.24) is 4.98 Å². The fraction of sp³-hybridized carbons (Fsp3) is 0.500. The van der Waals surface area contributed by atoms with E-state index in [9.17, 15) is 15.2 Å². The van der Waals surface area contributed by atoms with E-state index in [4.69, 9.17) is 11.6 Å². The molecule has 0 bridgehead atoms. The van der Waals surface area contributed by atoms with Crippen LogP contribution in [0.2, 0.25) is 5.02 Å². The lowest BCUT2D eigenvalue weighted by Gasteiger charge is -2.25. The number of aromatic nitrogens is 1. The van der Waals surface area contributed by atoms with E-state index >= 15 is 0 Å². The van der Waals surface area contributed by atoms with Crippen molar-refractivity contribution < 1.29 is 10.0 Å². The molecule has 0 aromatic carbocycles. The molecule has 17 heavy (non-hydrogen) atoms. The molecule has 0 saturated heterocycles. The van der Waals surface area contributed by atoms with E-state index in [2.05, 4.69) is 4.98 Å². The Labute approximate surface area is 104 Å². The summed E-state index contributed by atoms with van der Waals surface area (Å²) in [4.78, 5) is 15.8. The summed E-state index contributed by atoms with van der Waals surface area (Å²) in [5.41, 5.74) is -1.14. The Morgan fingerprint density at radius 3 is 2.71 bits per heavy atom. The summed E-state index contributed by atoms with van der Waals surface area (Å²) in [7, 11) is 1.63. The summed E-state index contributed by atoms with van der Waals surface area (Å²) in [6, 6.07) is 1.24. The third-order valence-corrected chi connectivity index (χ3v) is 2.20. The molecule has 1 aromatic heterocycles. The molecule has 7 heteroatoms. The zero-order valence-electron chi connectivity index (χ0n) is 9.85. The summed E-state index contributed by atoms with van der Waals surface area (Å²) >= 11 is 5.66. The van der Waals surface area contributed by atoms with Crippen molar-refractivity contribution in [2.45, 2.75) is 19.4 Å². The molecule has 0 spiro atoms. The summed E-state index contributed by atoms with van der Waals surface area (Å²) in [6.07, 6.45) is 1.34. The monoisotopic (exact) mass is 259 g/mol. The largest absolute Gasteiger partial charge is 0.389 e. The average Bonchev–Trinajstić information content (AvgIpc) is 2.14. The fourth-order valence-corrected chi connectivity index (χ4v) is 1.66. The highest BCUT2D eigenvalue weighted by molar-refractivity contribution is 6.30. The molecular weight excluding hydrogens is 246 g/mol. The lowest BCUT2D eigenvalue weighted by atomic mass is 10.1. The van der Waals surface area contributed by atoms with Gasteiger partial charge in [-0.25, -0.2) is 4.98 Å². The molecule has 94 valence electrons. The zero-order valence-corrected chi connectivity index (χ0v) is 10.6. The first-order valence-corrected chi connectivity index (χ1v) is 5.32. The maximum Gasteiger partial charge on any atom is 0.313 e. The Kier molecular flexibility index (Phi) is 3.90. The number of nitro groups is 1. The summed E-state index contributed by atoms with van der Waals surface area (Å²) in [5, 5.41) is 20.7. The Morgan fingerprint density at radius 1 is 1.65 bits per heavy atom. The molecule has 0 radical (unpaired) electrons. The van der Waals surface area contributed by atoms with Gasteiger partial charge in [0.15, 0.2) is 0 Å². The molecule has 1 heterocycles. The molecule has 0 aliphatic rings. The van der Waals surface area contributed by atoms with Crippen molar-refractivity contribution in [3.8, 4) is 0 Å². The minimum Gasteiger partial charge on any atom is -0.389 e. The fourth-order valence-electron chi connectivity index (χ4n) is 1.51. The highest BCUT2D eigenvalue weighted by atomic mass is 35.5. The first kappa shape index (κ1) is 13.7. The van der Waals surface area contributed by atoms with E-state index in [0.717, 1.165) is 0 Å². The second-order valence-corrected chi connectivity index (χ2v) is 4.86. The van der Waals surface area contributed by atoms with Crippen molar-refractivity contribution >= 4 is 23.1 Å². The number of pyridine rings is 1. The van der Waals surface area contributed by atoms with Gasteiger partial charge in [-0.2, -0.15) is 0 Å². The summed E-state index contributed by atoms with van der Waals surface area (Å²) in [6.45, 7) is 3.46. The molecule has 0 atom stereocenters. The van der Waals surface area contributed by atoms with Crippen LogP contribution in [0.25, 0.3) is 0 Å². The van der Waals surface area contributed by atoms with Gasteiger partial charge < -0.3 is 10.0 Å². The summed E-state index contributed by atoms with van der Waals surface area (Å²) < 4.78 is 0. The topological polar surface area (TPSA) is 79.5 Å². The Bertz CT molecular complexity index is 431. The van der Waals surface area contributed by atoms with Crippen LogP contribution < -0.4 is 4.90 Å². The predicted octanol–water partition coefficient (Wildman–Crippen LogP) is 1.85. The molecule has 0 aliphatic carbocycles. The highest BCUT2D eigenvalue weighted by Crippen LogP contribution is 2.28. The van der Waals surface area contributed by atoms with Crippen LogP contribution in [-0.2, 0) is 0 Å². The van der Waals surface area contributed by atoms with Crippen LogP contribution in [0.3, 0.4) is 0 Å². The Hall–Kier alpha value is -1.40. The molecule has 0 unspecified atom stereocenters.